The SMILES string of the molecule is COc1ccccc1CCC(=O)N1CC[C@H](Cc2nc3cccnc3n2C)C1. The Morgan fingerprint density at radius 1 is 1.25 bits per heavy atom. The number of likely N-dealkylation sites (tertiary alicyclic amines) is 1. The molecule has 6 heteroatoms. The number of pyridine rings is 1. The largest absolute Gasteiger partial charge is 0.496 e. The predicted octanol–water partition coefficient (Wildman–Crippen LogP) is 3.00. The first-order valence-corrected chi connectivity index (χ1v) is 9.81. The van der Waals surface area contributed by atoms with E-state index in [2.05, 4.69) is 9.55 Å². The minimum atomic E-state index is 0.222. The van der Waals surface area contributed by atoms with Crippen LogP contribution in [-0.2, 0) is 24.7 Å². The molecule has 1 fully saturated rings. The molecule has 3 heterocycles. The summed E-state index contributed by atoms with van der Waals surface area (Å²) >= 11 is 0. The van der Waals surface area contributed by atoms with E-state index in [9.17, 15) is 4.79 Å². The molecule has 1 atom stereocenters. The number of fused-ring (bicyclic) bond motifs is 1. The van der Waals surface area contributed by atoms with Gasteiger partial charge in [0.1, 0.15) is 17.1 Å². The van der Waals surface area contributed by atoms with E-state index >= 15 is 0 Å². The van der Waals surface area contributed by atoms with Crippen LogP contribution in [-0.4, -0.2) is 45.5 Å². The molecule has 1 saturated heterocycles. The average molecular weight is 378 g/mol. The van der Waals surface area contributed by atoms with Gasteiger partial charge in [0.15, 0.2) is 5.65 Å². The van der Waals surface area contributed by atoms with Crippen LogP contribution in [0.2, 0.25) is 0 Å². The topological polar surface area (TPSA) is 60.2 Å². The molecule has 6 nitrogen and oxygen atoms in total. The summed E-state index contributed by atoms with van der Waals surface area (Å²) in [5, 5.41) is 0. The molecule has 1 aliphatic heterocycles. The Hall–Kier alpha value is -2.89. The monoisotopic (exact) mass is 378 g/mol. The Bertz CT molecular complexity index is 982. The van der Waals surface area contributed by atoms with Crippen molar-refractivity contribution in [3.63, 3.8) is 0 Å². The summed E-state index contributed by atoms with van der Waals surface area (Å²) in [4.78, 5) is 23.8. The Balaban J connectivity index is 1.34. The maximum absolute atomic E-state index is 12.7. The van der Waals surface area contributed by atoms with Crippen LogP contribution in [0.1, 0.15) is 24.2 Å². The highest BCUT2D eigenvalue weighted by atomic mass is 16.5. The number of para-hydroxylation sites is 1. The lowest BCUT2D eigenvalue weighted by atomic mass is 10.0. The zero-order chi connectivity index (χ0) is 19.5. The molecule has 0 bridgehead atoms. The minimum absolute atomic E-state index is 0.222. The minimum Gasteiger partial charge on any atom is -0.496 e. The summed E-state index contributed by atoms with van der Waals surface area (Å²) in [6.07, 6.45) is 4.93. The Kier molecular flexibility index (Phi) is 5.28. The number of imidazole rings is 1. The molecule has 1 aromatic carbocycles. The number of amides is 1. The lowest BCUT2D eigenvalue weighted by Gasteiger charge is -2.17. The molecule has 1 amide bonds. The summed E-state index contributed by atoms with van der Waals surface area (Å²) in [5.74, 6) is 2.57. The van der Waals surface area contributed by atoms with Gasteiger partial charge in [0.2, 0.25) is 5.91 Å². The van der Waals surface area contributed by atoms with E-state index < -0.39 is 0 Å². The number of rotatable bonds is 6. The van der Waals surface area contributed by atoms with E-state index in [0.29, 0.717) is 18.8 Å². The molecule has 2 aromatic heterocycles. The third-order valence-electron chi connectivity index (χ3n) is 5.63. The molecule has 0 unspecified atom stereocenters. The van der Waals surface area contributed by atoms with Crippen LogP contribution < -0.4 is 4.74 Å². The van der Waals surface area contributed by atoms with E-state index in [1.54, 1.807) is 13.3 Å². The second-order valence-corrected chi connectivity index (χ2v) is 7.44. The van der Waals surface area contributed by atoms with Crippen molar-refractivity contribution in [1.82, 2.24) is 19.4 Å². The maximum atomic E-state index is 12.7. The van der Waals surface area contributed by atoms with Gasteiger partial charge in [0.25, 0.3) is 0 Å². The van der Waals surface area contributed by atoms with Crippen LogP contribution in [0.4, 0.5) is 0 Å². The number of nitrogens with zero attached hydrogens (tertiary/aromatic N) is 4. The maximum Gasteiger partial charge on any atom is 0.222 e. The highest BCUT2D eigenvalue weighted by Gasteiger charge is 2.27. The zero-order valence-electron chi connectivity index (χ0n) is 16.5. The standard InChI is InChI=1S/C22H26N4O2/c1-25-20(24-18-7-5-12-23-22(18)25)14-16-11-13-26(15-16)21(27)10-9-17-6-3-4-8-19(17)28-2/h3-8,12,16H,9-11,13-15H2,1-2H3/t16-/m1/s1. The first kappa shape index (κ1) is 18.5. The number of carbonyl (C=O) groups excluding carboxylic acids is 1. The fourth-order valence-corrected chi connectivity index (χ4v) is 4.05. The number of carbonyl (C=O) groups is 1. The summed E-state index contributed by atoms with van der Waals surface area (Å²) in [5.41, 5.74) is 2.93. The van der Waals surface area contributed by atoms with Gasteiger partial charge in [-0.3, -0.25) is 4.79 Å². The average Bonchev–Trinajstić information content (AvgIpc) is 3.32. The van der Waals surface area contributed by atoms with Gasteiger partial charge in [-0.1, -0.05) is 18.2 Å². The number of aromatic nitrogens is 3. The van der Waals surface area contributed by atoms with Crippen molar-refractivity contribution in [3.05, 3.63) is 54.0 Å². The molecular weight excluding hydrogens is 352 g/mol. The fourth-order valence-electron chi connectivity index (χ4n) is 4.05. The summed E-state index contributed by atoms with van der Waals surface area (Å²) in [7, 11) is 3.69. The van der Waals surface area contributed by atoms with Crippen LogP contribution in [0.5, 0.6) is 5.75 Å². The summed E-state index contributed by atoms with van der Waals surface area (Å²) in [6, 6.07) is 11.8. The Morgan fingerprint density at radius 2 is 2.11 bits per heavy atom. The third kappa shape index (κ3) is 3.72. The molecule has 0 radical (unpaired) electrons. The lowest BCUT2D eigenvalue weighted by molar-refractivity contribution is -0.130. The van der Waals surface area contributed by atoms with E-state index in [-0.39, 0.29) is 5.91 Å². The van der Waals surface area contributed by atoms with E-state index in [0.717, 1.165) is 54.2 Å². The van der Waals surface area contributed by atoms with Crippen LogP contribution in [0.15, 0.2) is 42.6 Å². The van der Waals surface area contributed by atoms with Gasteiger partial charge in [0.05, 0.1) is 7.11 Å². The van der Waals surface area contributed by atoms with Crippen molar-refractivity contribution in [3.8, 4) is 5.75 Å². The van der Waals surface area contributed by atoms with Crippen molar-refractivity contribution in [1.29, 1.82) is 0 Å². The van der Waals surface area contributed by atoms with Crippen molar-refractivity contribution in [2.24, 2.45) is 13.0 Å². The summed E-state index contributed by atoms with van der Waals surface area (Å²) in [6.45, 7) is 1.64. The number of benzene rings is 1. The Morgan fingerprint density at radius 3 is 2.93 bits per heavy atom. The number of hydrogen-bond donors (Lipinski definition) is 0. The Labute approximate surface area is 165 Å². The van der Waals surface area contributed by atoms with Gasteiger partial charge in [-0.05, 0) is 42.5 Å². The second-order valence-electron chi connectivity index (χ2n) is 7.44. The lowest BCUT2D eigenvalue weighted by Crippen LogP contribution is -2.29. The molecule has 0 saturated carbocycles. The molecular formula is C22H26N4O2. The molecule has 0 spiro atoms. The second kappa shape index (κ2) is 8.00. The van der Waals surface area contributed by atoms with Crippen molar-refractivity contribution in [2.75, 3.05) is 20.2 Å². The number of ether oxygens (including phenoxy) is 1. The van der Waals surface area contributed by atoms with Gasteiger partial charge >= 0.3 is 0 Å². The van der Waals surface area contributed by atoms with Crippen LogP contribution in [0.25, 0.3) is 11.2 Å². The number of hydrogen-bond acceptors (Lipinski definition) is 4. The van der Waals surface area contributed by atoms with Gasteiger partial charge in [-0.15, -0.1) is 0 Å². The number of aryl methyl sites for hydroxylation is 2. The molecule has 4 rings (SSSR count). The smallest absolute Gasteiger partial charge is 0.222 e. The molecule has 146 valence electrons. The molecule has 1 aliphatic rings. The van der Waals surface area contributed by atoms with E-state index in [1.807, 2.05) is 48.3 Å². The highest BCUT2D eigenvalue weighted by molar-refractivity contribution is 5.77. The van der Waals surface area contributed by atoms with Gasteiger partial charge < -0.3 is 14.2 Å². The van der Waals surface area contributed by atoms with Crippen LogP contribution in [0.3, 0.4) is 0 Å². The first-order valence-electron chi connectivity index (χ1n) is 9.81. The molecule has 3 aromatic rings. The van der Waals surface area contributed by atoms with Crippen LogP contribution in [0, 0.1) is 5.92 Å². The van der Waals surface area contributed by atoms with Crippen LogP contribution >= 0.6 is 0 Å². The molecule has 0 aliphatic carbocycles. The third-order valence-corrected chi connectivity index (χ3v) is 5.63. The molecule has 0 N–H and O–H groups in total. The van der Waals surface area contributed by atoms with Gasteiger partial charge in [-0.25, -0.2) is 9.97 Å². The normalized spacial score (nSPS) is 16.6. The van der Waals surface area contributed by atoms with Crippen molar-refractivity contribution in [2.45, 2.75) is 25.7 Å². The highest BCUT2D eigenvalue weighted by Crippen LogP contribution is 2.24. The van der Waals surface area contributed by atoms with E-state index in [4.69, 9.17) is 9.72 Å². The van der Waals surface area contributed by atoms with Gasteiger partial charge in [-0.2, -0.15) is 0 Å². The summed E-state index contributed by atoms with van der Waals surface area (Å²) < 4.78 is 7.45. The predicted molar refractivity (Wildman–Crippen MR) is 108 cm³/mol. The fraction of sp³-hybridized carbons (Fsp3) is 0.409. The number of methoxy groups -OCH3 is 1. The van der Waals surface area contributed by atoms with Crippen molar-refractivity contribution < 1.29 is 9.53 Å². The van der Waals surface area contributed by atoms with E-state index in [1.165, 1.54) is 0 Å². The van der Waals surface area contributed by atoms with Crippen molar-refractivity contribution >= 4 is 17.1 Å². The quantitative estimate of drug-likeness (QED) is 0.662. The zero-order valence-corrected chi connectivity index (χ0v) is 16.5. The first-order chi connectivity index (χ1) is 13.7. The van der Waals surface area contributed by atoms with Gasteiger partial charge in [0, 0.05) is 39.2 Å². The molecule has 28 heavy (non-hydrogen) atoms.